The highest BCUT2D eigenvalue weighted by Crippen LogP contribution is 2.68. The quantitative estimate of drug-likeness (QED) is 0.325. The van der Waals surface area contributed by atoms with E-state index < -0.39 is 11.6 Å². The number of carbonyl (C=O) groups is 1. The van der Waals surface area contributed by atoms with E-state index in [1.54, 1.807) is 0 Å². The second-order valence-corrected chi connectivity index (χ2v) is 14.9. The van der Waals surface area contributed by atoms with Gasteiger partial charge in [-0.2, -0.15) is 0 Å². The molecule has 0 bridgehead atoms. The van der Waals surface area contributed by atoms with Crippen molar-refractivity contribution in [3.05, 3.63) is 60.2 Å². The number of rotatable bonds is 5. The number of aliphatic carboxylic acids is 1. The molecule has 0 unspecified atom stereocenters. The highest BCUT2D eigenvalue weighted by atomic mass is 16.4. The number of carboxylic acids is 1. The number of benzene rings is 2. The third-order valence-electron chi connectivity index (χ3n) is 12.7. The van der Waals surface area contributed by atoms with Crippen LogP contribution in [0.2, 0.25) is 0 Å². The average Bonchev–Trinajstić information content (AvgIpc) is 3.34. The van der Waals surface area contributed by atoms with Crippen LogP contribution in [0.3, 0.4) is 0 Å². The van der Waals surface area contributed by atoms with Crippen LogP contribution in [-0.4, -0.2) is 33.0 Å². The normalized spacial score (nSPS) is 39.6. The molecule has 4 saturated carbocycles. The Balaban J connectivity index is 1.16. The van der Waals surface area contributed by atoms with Gasteiger partial charge in [-0.25, -0.2) is 0 Å². The second-order valence-electron chi connectivity index (χ2n) is 14.9. The Morgan fingerprint density at radius 3 is 2.33 bits per heavy atom. The van der Waals surface area contributed by atoms with Crippen LogP contribution >= 0.6 is 0 Å². The lowest BCUT2D eigenvalue weighted by Gasteiger charge is -2.63. The van der Waals surface area contributed by atoms with Crippen LogP contribution in [0.15, 0.2) is 54.6 Å². The monoisotopic (exact) mass is 568 g/mol. The van der Waals surface area contributed by atoms with Crippen molar-refractivity contribution >= 4 is 5.97 Å². The highest BCUT2D eigenvalue weighted by Gasteiger charge is 2.63. The molecule has 0 radical (unpaired) electrons. The number of fused-ring (bicyclic) bond motifs is 5. The van der Waals surface area contributed by atoms with Gasteiger partial charge in [-0.3, -0.25) is 4.79 Å². The summed E-state index contributed by atoms with van der Waals surface area (Å²) in [6, 6.07) is 18.6. The molecule has 6 rings (SSSR count). The van der Waals surface area contributed by atoms with Crippen molar-refractivity contribution in [2.45, 2.75) is 96.7 Å². The molecule has 4 aliphatic carbocycles. The lowest BCUT2D eigenvalue weighted by Crippen LogP contribution is -2.60. The van der Waals surface area contributed by atoms with Gasteiger partial charge in [0, 0.05) is 12.0 Å². The molecule has 4 heteroatoms. The van der Waals surface area contributed by atoms with Gasteiger partial charge in [0.15, 0.2) is 0 Å². The van der Waals surface area contributed by atoms with Gasteiger partial charge in [-0.15, -0.1) is 0 Å². The van der Waals surface area contributed by atoms with Crippen LogP contribution in [0.1, 0.15) is 90.5 Å². The third kappa shape index (κ3) is 5.22. The maximum atomic E-state index is 11.7. The summed E-state index contributed by atoms with van der Waals surface area (Å²) >= 11 is 0. The van der Waals surface area contributed by atoms with Crippen molar-refractivity contribution in [1.82, 2.24) is 0 Å². The summed E-state index contributed by atoms with van der Waals surface area (Å²) in [5.41, 5.74) is 2.53. The summed E-state index contributed by atoms with van der Waals surface area (Å²) in [6.07, 6.45) is 8.27. The second kappa shape index (κ2) is 11.1. The fourth-order valence-electron chi connectivity index (χ4n) is 10.4. The van der Waals surface area contributed by atoms with Crippen molar-refractivity contribution in [1.29, 1.82) is 0 Å². The number of carboxylic acid groups (broad SMARTS) is 1. The molecule has 0 heterocycles. The first kappa shape index (κ1) is 29.5. The third-order valence-corrected chi connectivity index (χ3v) is 12.7. The maximum Gasteiger partial charge on any atom is 0.303 e. The van der Waals surface area contributed by atoms with E-state index in [0.717, 1.165) is 49.7 Å². The van der Waals surface area contributed by atoms with Gasteiger partial charge in [0.05, 0.1) is 6.10 Å². The molecule has 3 N–H and O–H groups in total. The van der Waals surface area contributed by atoms with Crippen LogP contribution < -0.4 is 0 Å². The average molecular weight is 569 g/mol. The summed E-state index contributed by atoms with van der Waals surface area (Å²) in [7, 11) is 0. The molecule has 4 fully saturated rings. The fourth-order valence-corrected chi connectivity index (χ4v) is 10.4. The molecule has 4 nitrogen and oxygen atoms in total. The van der Waals surface area contributed by atoms with Gasteiger partial charge < -0.3 is 15.3 Å². The Morgan fingerprint density at radius 1 is 0.929 bits per heavy atom. The predicted octanol–water partition coefficient (Wildman–Crippen LogP) is 7.57. The van der Waals surface area contributed by atoms with Gasteiger partial charge in [-0.05, 0) is 127 Å². The molecule has 10 atom stereocenters. The highest BCUT2D eigenvalue weighted by molar-refractivity contribution is 5.66. The molecule has 2 aromatic rings. The first-order valence-electron chi connectivity index (χ1n) is 16.3. The minimum atomic E-state index is -1.02. The van der Waals surface area contributed by atoms with Crippen LogP contribution in [0.25, 0.3) is 11.1 Å². The molecule has 224 valence electrons. The predicted molar refractivity (Wildman–Crippen MR) is 166 cm³/mol. The summed E-state index contributed by atoms with van der Waals surface area (Å²) < 4.78 is 0. The van der Waals surface area contributed by atoms with E-state index in [2.05, 4.69) is 56.9 Å². The largest absolute Gasteiger partial charge is 0.481 e. The smallest absolute Gasteiger partial charge is 0.303 e. The first-order valence-corrected chi connectivity index (χ1v) is 16.3. The van der Waals surface area contributed by atoms with Crippen LogP contribution in [0.5, 0.6) is 0 Å². The van der Waals surface area contributed by atoms with E-state index in [4.69, 9.17) is 0 Å². The standard InChI is InChI=1S/C38H48O4/c1-25(9-16-34(40)41)30-14-15-31-35-32(18-19-37(30,31)3)36(2)21-22-38(42,24-29(36)23-33(35)39)20-17-26-10-12-28(13-11-26)27-7-5-4-6-8-27/h4-8,10-13,25,29-33,35,39,42H,9,14-16,18-19,21-24H2,1-3H3,(H,40,41)/t25-,29-,30-,31+,32+,33-,35+,36+,37-,38-/m1/s1. The van der Waals surface area contributed by atoms with Gasteiger partial charge >= 0.3 is 5.97 Å². The van der Waals surface area contributed by atoms with E-state index in [9.17, 15) is 20.1 Å². The number of hydrogen-bond donors (Lipinski definition) is 3. The zero-order valence-electron chi connectivity index (χ0n) is 25.6. The zero-order chi connectivity index (χ0) is 29.7. The van der Waals surface area contributed by atoms with E-state index >= 15 is 0 Å². The molecular weight excluding hydrogens is 520 g/mol. The Kier molecular flexibility index (Phi) is 7.82. The topological polar surface area (TPSA) is 77.8 Å². The SMILES string of the molecule is C[C@H](CCC(=O)O)[C@H]1CC[C@H]2[C@@H]3[C@H](O)C[C@@H]4C[C@@](O)(C#Cc5ccc(-c6ccccc6)cc5)CC[C@]4(C)[C@H]3CC[C@]12C. The van der Waals surface area contributed by atoms with Gasteiger partial charge in [0.2, 0.25) is 0 Å². The summed E-state index contributed by atoms with van der Waals surface area (Å²) in [5.74, 6) is 8.33. The van der Waals surface area contributed by atoms with Crippen molar-refractivity contribution < 1.29 is 20.1 Å². The number of aliphatic hydroxyl groups excluding tert-OH is 1. The molecule has 0 aromatic heterocycles. The maximum absolute atomic E-state index is 11.7. The molecule has 0 saturated heterocycles. The van der Waals surface area contributed by atoms with Crippen molar-refractivity contribution in [3.63, 3.8) is 0 Å². The van der Waals surface area contributed by atoms with E-state index in [1.165, 1.54) is 12.0 Å². The lowest BCUT2D eigenvalue weighted by molar-refractivity contribution is -0.181. The first-order chi connectivity index (χ1) is 20.0. The summed E-state index contributed by atoms with van der Waals surface area (Å²) in [6.45, 7) is 7.15. The van der Waals surface area contributed by atoms with E-state index in [1.807, 2.05) is 30.3 Å². The minimum Gasteiger partial charge on any atom is -0.481 e. The zero-order valence-corrected chi connectivity index (χ0v) is 25.6. The number of aliphatic hydroxyl groups is 2. The molecular formula is C38H48O4. The van der Waals surface area contributed by atoms with Crippen molar-refractivity contribution in [2.24, 2.45) is 46.3 Å². The molecule has 42 heavy (non-hydrogen) atoms. The molecule has 0 aliphatic heterocycles. The Morgan fingerprint density at radius 2 is 1.62 bits per heavy atom. The van der Waals surface area contributed by atoms with Gasteiger partial charge in [0.25, 0.3) is 0 Å². The van der Waals surface area contributed by atoms with E-state index in [-0.39, 0.29) is 29.3 Å². The van der Waals surface area contributed by atoms with Crippen molar-refractivity contribution in [2.75, 3.05) is 0 Å². The fraction of sp³-hybridized carbons (Fsp3) is 0.605. The molecule has 2 aromatic carbocycles. The van der Waals surface area contributed by atoms with Crippen molar-refractivity contribution in [3.8, 4) is 23.0 Å². The van der Waals surface area contributed by atoms with Crippen LogP contribution in [0, 0.1) is 58.2 Å². The van der Waals surface area contributed by atoms with Gasteiger partial charge in [0.1, 0.15) is 5.60 Å². The number of hydrogen-bond acceptors (Lipinski definition) is 3. The van der Waals surface area contributed by atoms with Gasteiger partial charge in [-0.1, -0.05) is 75.1 Å². The Labute approximate surface area is 251 Å². The Hall–Kier alpha value is -2.61. The molecule has 0 spiro atoms. The van der Waals surface area contributed by atoms with Crippen LogP contribution in [0.4, 0.5) is 0 Å². The lowest BCUT2D eigenvalue weighted by atomic mass is 9.43. The molecule has 4 aliphatic rings. The minimum absolute atomic E-state index is 0.115. The Bertz CT molecular complexity index is 1340. The van der Waals surface area contributed by atoms with E-state index in [0.29, 0.717) is 42.4 Å². The van der Waals surface area contributed by atoms with Crippen LogP contribution in [-0.2, 0) is 4.79 Å². The summed E-state index contributed by atoms with van der Waals surface area (Å²) in [5, 5.41) is 32.7. The summed E-state index contributed by atoms with van der Waals surface area (Å²) in [4.78, 5) is 11.2. The molecule has 0 amide bonds.